The summed E-state index contributed by atoms with van der Waals surface area (Å²) in [7, 11) is 0. The Morgan fingerprint density at radius 3 is 2.61 bits per heavy atom. The van der Waals surface area contributed by atoms with Gasteiger partial charge >= 0.3 is 6.16 Å². The molecule has 0 aliphatic heterocycles. The zero-order valence-corrected chi connectivity index (χ0v) is 10.6. The van der Waals surface area contributed by atoms with Crippen LogP contribution >= 0.6 is 0 Å². The molecule has 0 N–H and O–H groups in total. The molecule has 0 saturated carbocycles. The van der Waals surface area contributed by atoms with Crippen molar-refractivity contribution in [3.63, 3.8) is 0 Å². The maximum atomic E-state index is 11.3. The van der Waals surface area contributed by atoms with Crippen LogP contribution in [0.4, 0.5) is 4.79 Å². The van der Waals surface area contributed by atoms with E-state index in [2.05, 4.69) is 6.07 Å². The highest BCUT2D eigenvalue weighted by Crippen LogP contribution is 2.22. The van der Waals surface area contributed by atoms with E-state index in [0.717, 1.165) is 17.2 Å². The number of hydrogen-bond acceptors (Lipinski definition) is 3. The van der Waals surface area contributed by atoms with E-state index >= 15 is 0 Å². The lowest BCUT2D eigenvalue weighted by atomic mass is 10.1. The lowest BCUT2D eigenvalue weighted by Crippen LogP contribution is -2.10. The van der Waals surface area contributed by atoms with Gasteiger partial charge in [0, 0.05) is 0 Å². The fraction of sp³-hybridized carbons (Fsp3) is 0.267. The van der Waals surface area contributed by atoms with Gasteiger partial charge in [0.05, 0.1) is 6.61 Å². The van der Waals surface area contributed by atoms with E-state index in [1.807, 2.05) is 38.1 Å². The van der Waals surface area contributed by atoms with Crippen LogP contribution in [0.25, 0.3) is 10.8 Å². The Bertz CT molecular complexity index is 561. The highest BCUT2D eigenvalue weighted by atomic mass is 16.7. The Labute approximate surface area is 106 Å². The highest BCUT2D eigenvalue weighted by molar-refractivity contribution is 5.85. The number of hydrogen-bond donors (Lipinski definition) is 0. The third-order valence-corrected chi connectivity index (χ3v) is 2.59. The smallest absolute Gasteiger partial charge is 0.434 e. The van der Waals surface area contributed by atoms with E-state index in [1.54, 1.807) is 6.07 Å². The van der Waals surface area contributed by atoms with Gasteiger partial charge in [-0.25, -0.2) is 4.79 Å². The molecule has 0 bridgehead atoms. The lowest BCUT2D eigenvalue weighted by molar-refractivity contribution is 0.0992. The summed E-state index contributed by atoms with van der Waals surface area (Å²) in [4.78, 5) is 11.3. The number of carbonyl (C=O) groups is 1. The Morgan fingerprint density at radius 2 is 1.83 bits per heavy atom. The van der Waals surface area contributed by atoms with Gasteiger partial charge in [0.15, 0.2) is 0 Å². The third kappa shape index (κ3) is 3.00. The van der Waals surface area contributed by atoms with Crippen LogP contribution in [0.1, 0.15) is 18.9 Å². The maximum absolute atomic E-state index is 11.3. The minimum atomic E-state index is -0.650. The van der Waals surface area contributed by atoms with Gasteiger partial charge in [0.1, 0.15) is 5.75 Å². The molecule has 0 aromatic heterocycles. The van der Waals surface area contributed by atoms with E-state index in [4.69, 9.17) is 9.47 Å². The van der Waals surface area contributed by atoms with Crippen molar-refractivity contribution in [3.05, 3.63) is 42.0 Å². The summed E-state index contributed by atoms with van der Waals surface area (Å²) in [5.41, 5.74) is 1.21. The van der Waals surface area contributed by atoms with Crippen molar-refractivity contribution in [3.8, 4) is 5.75 Å². The fourth-order valence-electron chi connectivity index (χ4n) is 1.72. The third-order valence-electron chi connectivity index (χ3n) is 2.59. The van der Waals surface area contributed by atoms with Gasteiger partial charge in [-0.2, -0.15) is 0 Å². The molecule has 2 rings (SSSR count). The number of benzene rings is 2. The van der Waals surface area contributed by atoms with Crippen LogP contribution < -0.4 is 4.74 Å². The zero-order chi connectivity index (χ0) is 13.0. The van der Waals surface area contributed by atoms with Crippen molar-refractivity contribution in [1.82, 2.24) is 0 Å². The molecule has 0 spiro atoms. The summed E-state index contributed by atoms with van der Waals surface area (Å²) < 4.78 is 9.96. The Balaban J connectivity index is 2.15. The summed E-state index contributed by atoms with van der Waals surface area (Å²) in [6.07, 6.45) is 0.134. The van der Waals surface area contributed by atoms with Crippen LogP contribution in [0.3, 0.4) is 0 Å². The molecule has 3 nitrogen and oxygen atoms in total. The Kier molecular flexibility index (Phi) is 3.82. The first kappa shape index (κ1) is 12.4. The lowest BCUT2D eigenvalue weighted by Gasteiger charge is -2.06. The SMILES string of the molecule is CCCOC(=O)Oc1ccc2cc(C)ccc2c1. The van der Waals surface area contributed by atoms with Crippen molar-refractivity contribution >= 4 is 16.9 Å². The Morgan fingerprint density at radius 1 is 1.11 bits per heavy atom. The zero-order valence-electron chi connectivity index (χ0n) is 10.6. The predicted molar refractivity (Wildman–Crippen MR) is 71.0 cm³/mol. The van der Waals surface area contributed by atoms with Gasteiger partial charge < -0.3 is 9.47 Å². The molecule has 0 aliphatic carbocycles. The molecular weight excluding hydrogens is 228 g/mol. The van der Waals surface area contributed by atoms with Gasteiger partial charge in [0.2, 0.25) is 0 Å². The van der Waals surface area contributed by atoms with Crippen molar-refractivity contribution in [2.75, 3.05) is 6.61 Å². The molecule has 94 valence electrons. The molecule has 0 atom stereocenters. The summed E-state index contributed by atoms with van der Waals surface area (Å²) in [6, 6.07) is 11.7. The molecule has 2 aromatic carbocycles. The topological polar surface area (TPSA) is 35.5 Å². The van der Waals surface area contributed by atoms with E-state index in [0.29, 0.717) is 12.4 Å². The number of carbonyl (C=O) groups excluding carboxylic acids is 1. The van der Waals surface area contributed by atoms with Crippen molar-refractivity contribution < 1.29 is 14.3 Å². The van der Waals surface area contributed by atoms with Crippen molar-refractivity contribution in [2.24, 2.45) is 0 Å². The second-order valence-electron chi connectivity index (χ2n) is 4.21. The number of fused-ring (bicyclic) bond motifs is 1. The quantitative estimate of drug-likeness (QED) is 0.603. The highest BCUT2D eigenvalue weighted by Gasteiger charge is 2.05. The van der Waals surface area contributed by atoms with E-state index in [1.165, 1.54) is 5.56 Å². The van der Waals surface area contributed by atoms with Crippen molar-refractivity contribution in [1.29, 1.82) is 0 Å². The largest absolute Gasteiger partial charge is 0.513 e. The molecule has 0 aliphatic rings. The number of ether oxygens (including phenoxy) is 2. The van der Waals surface area contributed by atoms with Crippen LogP contribution in [0, 0.1) is 6.92 Å². The van der Waals surface area contributed by atoms with Gasteiger partial charge in [-0.1, -0.05) is 36.8 Å². The molecule has 0 fully saturated rings. The van der Waals surface area contributed by atoms with Gasteiger partial charge in [-0.05, 0) is 36.2 Å². The summed E-state index contributed by atoms with van der Waals surface area (Å²) in [6.45, 7) is 4.36. The van der Waals surface area contributed by atoms with Crippen LogP contribution in [-0.4, -0.2) is 12.8 Å². The summed E-state index contributed by atoms with van der Waals surface area (Å²) in [5.74, 6) is 0.507. The van der Waals surface area contributed by atoms with Crippen LogP contribution in [-0.2, 0) is 4.74 Å². The second-order valence-corrected chi connectivity index (χ2v) is 4.21. The first-order valence-electron chi connectivity index (χ1n) is 6.04. The van der Waals surface area contributed by atoms with E-state index in [-0.39, 0.29) is 0 Å². The van der Waals surface area contributed by atoms with E-state index < -0.39 is 6.16 Å². The molecule has 2 aromatic rings. The van der Waals surface area contributed by atoms with Gasteiger partial charge in [0.25, 0.3) is 0 Å². The predicted octanol–water partition coefficient (Wildman–Crippen LogP) is 4.07. The molecule has 0 heterocycles. The second kappa shape index (κ2) is 5.54. The maximum Gasteiger partial charge on any atom is 0.513 e. The number of aryl methyl sites for hydroxylation is 1. The monoisotopic (exact) mass is 244 g/mol. The van der Waals surface area contributed by atoms with Crippen molar-refractivity contribution in [2.45, 2.75) is 20.3 Å². The minimum absolute atomic E-state index is 0.381. The molecule has 0 radical (unpaired) electrons. The number of rotatable bonds is 3. The summed E-state index contributed by atoms with van der Waals surface area (Å²) in [5, 5.41) is 2.17. The molecule has 0 amide bonds. The minimum Gasteiger partial charge on any atom is -0.434 e. The standard InChI is InChI=1S/C15H16O3/c1-3-8-17-15(16)18-14-7-6-12-9-11(2)4-5-13(12)10-14/h4-7,9-10H,3,8H2,1-2H3. The average Bonchev–Trinajstić information content (AvgIpc) is 2.36. The summed E-state index contributed by atoms with van der Waals surface area (Å²) >= 11 is 0. The first-order chi connectivity index (χ1) is 8.69. The van der Waals surface area contributed by atoms with Crippen LogP contribution in [0.2, 0.25) is 0 Å². The fourth-order valence-corrected chi connectivity index (χ4v) is 1.72. The Hall–Kier alpha value is -2.03. The molecule has 0 saturated heterocycles. The van der Waals surface area contributed by atoms with E-state index in [9.17, 15) is 4.79 Å². The molecule has 0 unspecified atom stereocenters. The first-order valence-corrected chi connectivity index (χ1v) is 6.04. The molecule has 3 heteroatoms. The van der Waals surface area contributed by atoms with Gasteiger partial charge in [-0.15, -0.1) is 0 Å². The normalized spacial score (nSPS) is 10.3. The molecule has 18 heavy (non-hydrogen) atoms. The van der Waals surface area contributed by atoms with Crippen LogP contribution in [0.5, 0.6) is 5.75 Å². The van der Waals surface area contributed by atoms with Gasteiger partial charge in [-0.3, -0.25) is 0 Å². The average molecular weight is 244 g/mol. The molecular formula is C15H16O3. The van der Waals surface area contributed by atoms with Crippen LogP contribution in [0.15, 0.2) is 36.4 Å².